The van der Waals surface area contributed by atoms with Gasteiger partial charge in [0.25, 0.3) is 0 Å². The lowest BCUT2D eigenvalue weighted by Crippen LogP contribution is -2.50. The number of nitro groups is 4. The summed E-state index contributed by atoms with van der Waals surface area (Å²) in [6.07, 6.45) is -0.0822. The zero-order chi connectivity index (χ0) is 18.7. The van der Waals surface area contributed by atoms with Crippen molar-refractivity contribution in [1.82, 2.24) is 0 Å². The summed E-state index contributed by atoms with van der Waals surface area (Å²) in [7, 11) is 0. The van der Waals surface area contributed by atoms with E-state index in [0.717, 1.165) is 13.8 Å². The highest BCUT2D eigenvalue weighted by molar-refractivity contribution is 4.78. The maximum Gasteiger partial charge on any atom is 0.478 e. The van der Waals surface area contributed by atoms with E-state index in [9.17, 15) is 40.5 Å². The number of rotatable bonds is 11. The molecule has 1 aliphatic rings. The molecule has 1 fully saturated rings. The van der Waals surface area contributed by atoms with Gasteiger partial charge in [0, 0.05) is 5.92 Å². The average Bonchev–Trinajstić information content (AvgIpc) is 3.30. The molecule has 0 spiro atoms. The third kappa shape index (κ3) is 4.08. The normalized spacial score (nSPS) is 15.3. The largest absolute Gasteiger partial charge is 0.478 e. The minimum Gasteiger partial charge on any atom is -0.337 e. The molecule has 0 aromatic carbocycles. The van der Waals surface area contributed by atoms with Crippen LogP contribution in [0.4, 0.5) is 0 Å². The maximum atomic E-state index is 10.8. The Hall–Kier alpha value is -2.48. The first kappa shape index (κ1) is 19.6. The summed E-state index contributed by atoms with van der Waals surface area (Å²) < 4.78 is 10.1. The van der Waals surface area contributed by atoms with Crippen LogP contribution < -0.4 is 0 Å². The van der Waals surface area contributed by atoms with Crippen LogP contribution in [0.2, 0.25) is 0 Å². The van der Waals surface area contributed by atoms with Crippen LogP contribution in [-0.4, -0.2) is 50.5 Å². The molecule has 0 atom stereocenters. The van der Waals surface area contributed by atoms with Crippen LogP contribution in [0, 0.1) is 46.4 Å². The predicted molar refractivity (Wildman–Crippen MR) is 73.2 cm³/mol. The SMILES string of the molecule is CC(COC(OCC(C)([N+](=O)[O-])[N+](=O)[O-])C1CC1)([N+](=O)[O-])[N+](=O)[O-]. The van der Waals surface area contributed by atoms with E-state index < -0.39 is 50.5 Å². The van der Waals surface area contributed by atoms with Gasteiger partial charge in [0.15, 0.2) is 19.5 Å². The molecule has 0 amide bonds. The van der Waals surface area contributed by atoms with E-state index in [4.69, 9.17) is 9.47 Å². The van der Waals surface area contributed by atoms with Gasteiger partial charge >= 0.3 is 11.3 Å². The second-order valence-electron chi connectivity index (χ2n) is 5.79. The Morgan fingerprint density at radius 3 is 1.33 bits per heavy atom. The van der Waals surface area contributed by atoms with E-state index >= 15 is 0 Å². The van der Waals surface area contributed by atoms with Crippen molar-refractivity contribution >= 4 is 0 Å². The standard InChI is InChI=1S/C10H16N4O10/c1-9(11(15)16,12(17)18)5-23-8(7-3-4-7)24-6-10(2,13(19)20)14(21)22/h7-8H,3-6H2,1-2H3. The maximum absolute atomic E-state index is 10.8. The van der Waals surface area contributed by atoms with Gasteiger partial charge in [-0.05, 0) is 12.8 Å². The molecule has 136 valence electrons. The zero-order valence-electron chi connectivity index (χ0n) is 12.9. The minimum atomic E-state index is -2.62. The Bertz CT molecular complexity index is 478. The van der Waals surface area contributed by atoms with Crippen molar-refractivity contribution in [3.05, 3.63) is 40.5 Å². The molecule has 14 nitrogen and oxygen atoms in total. The van der Waals surface area contributed by atoms with Gasteiger partial charge in [0.05, 0.1) is 13.8 Å². The lowest BCUT2D eigenvalue weighted by atomic mass is 10.2. The molecule has 0 N–H and O–H groups in total. The molecule has 1 saturated carbocycles. The Morgan fingerprint density at radius 1 is 0.833 bits per heavy atom. The highest BCUT2D eigenvalue weighted by Gasteiger charge is 2.54. The molecule has 14 heteroatoms. The summed E-state index contributed by atoms with van der Waals surface area (Å²) >= 11 is 0. The van der Waals surface area contributed by atoms with Crippen LogP contribution in [0.1, 0.15) is 26.7 Å². The molecule has 0 aromatic rings. The van der Waals surface area contributed by atoms with Crippen LogP contribution >= 0.6 is 0 Å². The summed E-state index contributed by atoms with van der Waals surface area (Å²) in [5.41, 5.74) is -5.24. The first-order valence-electron chi connectivity index (χ1n) is 6.76. The molecule has 0 aliphatic heterocycles. The average molecular weight is 352 g/mol. The Balaban J connectivity index is 2.76. The Labute approximate surface area is 134 Å². The molecule has 0 saturated heterocycles. The number of hydrogen-bond donors (Lipinski definition) is 0. The highest BCUT2D eigenvalue weighted by Crippen LogP contribution is 2.36. The topological polar surface area (TPSA) is 191 Å². The fourth-order valence-electron chi connectivity index (χ4n) is 1.51. The van der Waals surface area contributed by atoms with Crippen LogP contribution in [0.3, 0.4) is 0 Å². The molecule has 0 heterocycles. The van der Waals surface area contributed by atoms with Gasteiger partial charge in [-0.3, -0.25) is 40.5 Å². The van der Waals surface area contributed by atoms with Crippen LogP contribution in [0.15, 0.2) is 0 Å². The van der Waals surface area contributed by atoms with Gasteiger partial charge in [-0.1, -0.05) is 0 Å². The van der Waals surface area contributed by atoms with E-state index in [0.29, 0.717) is 12.8 Å². The quantitative estimate of drug-likeness (QED) is 0.283. The monoisotopic (exact) mass is 352 g/mol. The Morgan fingerprint density at radius 2 is 1.12 bits per heavy atom. The van der Waals surface area contributed by atoms with Gasteiger partial charge in [0.1, 0.15) is 19.7 Å². The number of nitrogens with zero attached hydrogens (tertiary/aromatic N) is 4. The molecular formula is C10H16N4O10. The summed E-state index contributed by atoms with van der Waals surface area (Å²) in [5.74, 6) is -0.282. The van der Waals surface area contributed by atoms with Gasteiger partial charge in [-0.25, -0.2) is 0 Å². The number of ether oxygens (including phenoxy) is 2. The first-order valence-corrected chi connectivity index (χ1v) is 6.76. The van der Waals surface area contributed by atoms with Gasteiger partial charge in [0.2, 0.25) is 0 Å². The summed E-state index contributed by atoms with van der Waals surface area (Å²) in [4.78, 5) is 38.8. The van der Waals surface area contributed by atoms with Crippen LogP contribution in [0.5, 0.6) is 0 Å². The van der Waals surface area contributed by atoms with E-state index in [1.165, 1.54) is 0 Å². The molecule has 1 aliphatic carbocycles. The molecule has 0 unspecified atom stereocenters. The summed E-state index contributed by atoms with van der Waals surface area (Å²) in [6.45, 7) is -0.395. The van der Waals surface area contributed by atoms with Crippen LogP contribution in [-0.2, 0) is 9.47 Å². The van der Waals surface area contributed by atoms with Crippen molar-refractivity contribution in [3.8, 4) is 0 Å². The zero-order valence-corrected chi connectivity index (χ0v) is 12.9. The van der Waals surface area contributed by atoms with Crippen LogP contribution in [0.25, 0.3) is 0 Å². The second-order valence-corrected chi connectivity index (χ2v) is 5.79. The summed E-state index contributed by atoms with van der Waals surface area (Å²) in [5, 5.41) is 43.3. The third-order valence-electron chi connectivity index (χ3n) is 3.62. The molecule has 1 rings (SSSR count). The van der Waals surface area contributed by atoms with Crippen molar-refractivity contribution in [1.29, 1.82) is 0 Å². The lowest BCUT2D eigenvalue weighted by molar-refractivity contribution is -0.797. The van der Waals surface area contributed by atoms with Crippen molar-refractivity contribution in [2.45, 2.75) is 44.3 Å². The predicted octanol–water partition coefficient (Wildman–Crippen LogP) is 0.295. The van der Waals surface area contributed by atoms with Gasteiger partial charge < -0.3 is 9.47 Å². The van der Waals surface area contributed by atoms with Crippen molar-refractivity contribution in [2.75, 3.05) is 13.2 Å². The van der Waals surface area contributed by atoms with Gasteiger partial charge in [-0.2, -0.15) is 0 Å². The smallest absolute Gasteiger partial charge is 0.337 e. The lowest BCUT2D eigenvalue weighted by Gasteiger charge is -2.21. The highest BCUT2D eigenvalue weighted by atomic mass is 16.7. The molecular weight excluding hydrogens is 336 g/mol. The van der Waals surface area contributed by atoms with Crippen molar-refractivity contribution in [3.63, 3.8) is 0 Å². The Kier molecular flexibility index (Phi) is 5.67. The second kappa shape index (κ2) is 6.96. The first-order chi connectivity index (χ1) is 10.9. The fourth-order valence-corrected chi connectivity index (χ4v) is 1.51. The van der Waals surface area contributed by atoms with E-state index in [2.05, 4.69) is 0 Å². The van der Waals surface area contributed by atoms with E-state index in [-0.39, 0.29) is 5.92 Å². The van der Waals surface area contributed by atoms with E-state index in [1.54, 1.807) is 0 Å². The molecule has 24 heavy (non-hydrogen) atoms. The molecule has 0 aromatic heterocycles. The fraction of sp³-hybridized carbons (Fsp3) is 1.00. The van der Waals surface area contributed by atoms with Crippen molar-refractivity contribution < 1.29 is 29.2 Å². The molecule has 0 radical (unpaired) electrons. The van der Waals surface area contributed by atoms with Gasteiger partial charge in [-0.15, -0.1) is 0 Å². The summed E-state index contributed by atoms with van der Waals surface area (Å²) in [6, 6.07) is 0. The number of hydrogen-bond acceptors (Lipinski definition) is 10. The third-order valence-corrected chi connectivity index (χ3v) is 3.62. The van der Waals surface area contributed by atoms with E-state index in [1.807, 2.05) is 0 Å². The molecule has 0 bridgehead atoms. The minimum absolute atomic E-state index is 0.282. The van der Waals surface area contributed by atoms with Crippen molar-refractivity contribution in [2.24, 2.45) is 5.92 Å².